The molecule has 0 aliphatic heterocycles. The Kier molecular flexibility index (Phi) is 6.42. The molecule has 0 atom stereocenters. The number of ether oxygens (including phenoxy) is 3. The summed E-state index contributed by atoms with van der Waals surface area (Å²) in [5, 5.41) is 0.587. The molecule has 152 valence electrons. The lowest BCUT2D eigenvalue weighted by Crippen LogP contribution is -2.14. The SMILES string of the molecule is COc1cccc(Oc2ccc(Cl)cc2NS(=O)(=O)c2cc(Cl)ccc2OC)c1. The van der Waals surface area contributed by atoms with E-state index in [-0.39, 0.29) is 27.1 Å². The highest BCUT2D eigenvalue weighted by Gasteiger charge is 2.22. The molecular weight excluding hydrogens is 437 g/mol. The molecule has 29 heavy (non-hydrogen) atoms. The summed E-state index contributed by atoms with van der Waals surface area (Å²) in [4.78, 5) is -0.111. The maximum atomic E-state index is 13.0. The van der Waals surface area contributed by atoms with Crippen molar-refractivity contribution >= 4 is 38.9 Å². The van der Waals surface area contributed by atoms with Crippen LogP contribution >= 0.6 is 23.2 Å². The van der Waals surface area contributed by atoms with Crippen molar-refractivity contribution in [1.82, 2.24) is 0 Å². The highest BCUT2D eigenvalue weighted by Crippen LogP contribution is 2.36. The van der Waals surface area contributed by atoms with Crippen LogP contribution < -0.4 is 18.9 Å². The Balaban J connectivity index is 1.98. The predicted octanol–water partition coefficient (Wildman–Crippen LogP) is 5.60. The minimum Gasteiger partial charge on any atom is -0.497 e. The summed E-state index contributed by atoms with van der Waals surface area (Å²) < 4.78 is 44.6. The molecule has 0 aliphatic rings. The third-order valence-electron chi connectivity index (χ3n) is 3.87. The molecule has 0 unspecified atom stereocenters. The van der Waals surface area contributed by atoms with Crippen LogP contribution in [0.4, 0.5) is 5.69 Å². The fraction of sp³-hybridized carbons (Fsp3) is 0.100. The van der Waals surface area contributed by atoms with Crippen molar-refractivity contribution in [3.63, 3.8) is 0 Å². The van der Waals surface area contributed by atoms with Crippen molar-refractivity contribution < 1.29 is 22.6 Å². The van der Waals surface area contributed by atoms with Gasteiger partial charge in [0.25, 0.3) is 10.0 Å². The molecule has 0 heterocycles. The van der Waals surface area contributed by atoms with Gasteiger partial charge in [-0.15, -0.1) is 0 Å². The number of benzene rings is 3. The van der Waals surface area contributed by atoms with Crippen LogP contribution in [0.5, 0.6) is 23.0 Å². The standard InChI is InChI=1S/C20H17Cl2NO5S/c1-26-15-4-3-5-16(12-15)28-18-8-6-13(21)10-17(18)23-29(24,25)20-11-14(22)7-9-19(20)27-2/h3-12,23H,1-2H3. The van der Waals surface area contributed by atoms with Gasteiger partial charge in [-0.1, -0.05) is 29.3 Å². The molecule has 0 aromatic heterocycles. The van der Waals surface area contributed by atoms with Crippen molar-refractivity contribution in [3.05, 3.63) is 70.7 Å². The van der Waals surface area contributed by atoms with E-state index in [1.165, 1.54) is 31.4 Å². The lowest BCUT2D eigenvalue weighted by molar-refractivity contribution is 0.403. The summed E-state index contributed by atoms with van der Waals surface area (Å²) in [5.41, 5.74) is 0.155. The maximum absolute atomic E-state index is 13.0. The van der Waals surface area contributed by atoms with Gasteiger partial charge in [-0.05, 0) is 48.5 Å². The van der Waals surface area contributed by atoms with Gasteiger partial charge in [0.05, 0.1) is 19.9 Å². The Labute approximate surface area is 179 Å². The van der Waals surface area contributed by atoms with Crippen LogP contribution in [-0.2, 0) is 10.0 Å². The fourth-order valence-corrected chi connectivity index (χ4v) is 4.19. The van der Waals surface area contributed by atoms with Crippen LogP contribution in [0, 0.1) is 0 Å². The Morgan fingerprint density at radius 2 is 1.45 bits per heavy atom. The van der Waals surface area contributed by atoms with Gasteiger partial charge in [-0.3, -0.25) is 4.72 Å². The van der Waals surface area contributed by atoms with E-state index in [1.54, 1.807) is 43.5 Å². The third kappa shape index (κ3) is 5.06. The molecule has 6 nitrogen and oxygen atoms in total. The molecule has 1 N–H and O–H groups in total. The van der Waals surface area contributed by atoms with Crippen molar-refractivity contribution in [3.8, 4) is 23.0 Å². The number of anilines is 1. The predicted molar refractivity (Wildman–Crippen MR) is 113 cm³/mol. The van der Waals surface area contributed by atoms with Crippen LogP contribution in [0.25, 0.3) is 0 Å². The number of hydrogen-bond acceptors (Lipinski definition) is 5. The molecule has 0 fully saturated rings. The number of methoxy groups -OCH3 is 2. The number of sulfonamides is 1. The van der Waals surface area contributed by atoms with Gasteiger partial charge in [0.15, 0.2) is 5.75 Å². The summed E-state index contributed by atoms with van der Waals surface area (Å²) >= 11 is 12.0. The smallest absolute Gasteiger partial charge is 0.265 e. The summed E-state index contributed by atoms with van der Waals surface area (Å²) in [6.45, 7) is 0. The second-order valence-electron chi connectivity index (χ2n) is 5.82. The lowest BCUT2D eigenvalue weighted by Gasteiger charge is -2.16. The average molecular weight is 454 g/mol. The molecule has 0 aliphatic carbocycles. The molecule has 0 amide bonds. The van der Waals surface area contributed by atoms with E-state index < -0.39 is 10.0 Å². The molecular formula is C20H17Cl2NO5S. The van der Waals surface area contributed by atoms with Gasteiger partial charge in [-0.25, -0.2) is 8.42 Å². The lowest BCUT2D eigenvalue weighted by atomic mass is 10.3. The zero-order valence-electron chi connectivity index (χ0n) is 15.5. The number of rotatable bonds is 7. The van der Waals surface area contributed by atoms with Crippen LogP contribution in [0.3, 0.4) is 0 Å². The molecule has 3 aromatic carbocycles. The first-order valence-corrected chi connectivity index (χ1v) is 10.5. The van der Waals surface area contributed by atoms with E-state index in [2.05, 4.69) is 4.72 Å². The Bertz CT molecular complexity index is 1140. The molecule has 0 saturated carbocycles. The highest BCUT2D eigenvalue weighted by molar-refractivity contribution is 7.92. The molecule has 0 saturated heterocycles. The maximum Gasteiger partial charge on any atom is 0.265 e. The van der Waals surface area contributed by atoms with Gasteiger partial charge in [0, 0.05) is 16.1 Å². The highest BCUT2D eigenvalue weighted by atomic mass is 35.5. The molecule has 0 radical (unpaired) electrons. The largest absolute Gasteiger partial charge is 0.497 e. The number of nitrogens with one attached hydrogen (secondary N) is 1. The first kappa shape index (κ1) is 21.1. The molecule has 3 rings (SSSR count). The summed E-state index contributed by atoms with van der Waals surface area (Å²) in [5.74, 6) is 1.47. The van der Waals surface area contributed by atoms with Gasteiger partial charge in [0.2, 0.25) is 0 Å². The van der Waals surface area contributed by atoms with E-state index >= 15 is 0 Å². The van der Waals surface area contributed by atoms with E-state index in [9.17, 15) is 8.42 Å². The average Bonchev–Trinajstić information content (AvgIpc) is 2.70. The number of halogens is 2. The summed E-state index contributed by atoms with van der Waals surface area (Å²) in [7, 11) is -1.13. The van der Waals surface area contributed by atoms with Gasteiger partial charge in [0.1, 0.15) is 22.1 Å². The Morgan fingerprint density at radius 3 is 2.14 bits per heavy atom. The van der Waals surface area contributed by atoms with Gasteiger partial charge < -0.3 is 14.2 Å². The molecule has 0 spiro atoms. The van der Waals surface area contributed by atoms with E-state index in [0.29, 0.717) is 16.5 Å². The first-order valence-electron chi connectivity index (χ1n) is 8.30. The van der Waals surface area contributed by atoms with Gasteiger partial charge in [-0.2, -0.15) is 0 Å². The minimum absolute atomic E-state index is 0.111. The topological polar surface area (TPSA) is 73.9 Å². The first-order chi connectivity index (χ1) is 13.8. The molecule has 3 aromatic rings. The molecule has 0 bridgehead atoms. The van der Waals surface area contributed by atoms with Crippen LogP contribution in [-0.4, -0.2) is 22.6 Å². The zero-order valence-corrected chi connectivity index (χ0v) is 17.8. The van der Waals surface area contributed by atoms with E-state index in [4.69, 9.17) is 37.4 Å². The van der Waals surface area contributed by atoms with E-state index in [0.717, 1.165) is 0 Å². The second kappa shape index (κ2) is 8.82. The van der Waals surface area contributed by atoms with Crippen molar-refractivity contribution in [2.75, 3.05) is 18.9 Å². The van der Waals surface area contributed by atoms with Crippen molar-refractivity contribution in [1.29, 1.82) is 0 Å². The monoisotopic (exact) mass is 453 g/mol. The van der Waals surface area contributed by atoms with Crippen molar-refractivity contribution in [2.24, 2.45) is 0 Å². The second-order valence-corrected chi connectivity index (χ2v) is 8.35. The Morgan fingerprint density at radius 1 is 0.793 bits per heavy atom. The van der Waals surface area contributed by atoms with E-state index in [1.807, 2.05) is 0 Å². The van der Waals surface area contributed by atoms with Crippen LogP contribution in [0.1, 0.15) is 0 Å². The fourth-order valence-electron chi connectivity index (χ4n) is 2.52. The van der Waals surface area contributed by atoms with Crippen LogP contribution in [0.2, 0.25) is 10.0 Å². The normalized spacial score (nSPS) is 11.0. The minimum atomic E-state index is -4.05. The summed E-state index contributed by atoms with van der Waals surface area (Å²) in [6.07, 6.45) is 0. The third-order valence-corrected chi connectivity index (χ3v) is 5.73. The Hall–Kier alpha value is -2.61. The summed E-state index contributed by atoms with van der Waals surface area (Å²) in [6, 6.07) is 15.8. The van der Waals surface area contributed by atoms with Crippen LogP contribution in [0.15, 0.2) is 65.6 Å². The zero-order chi connectivity index (χ0) is 21.0. The quantitative estimate of drug-likeness (QED) is 0.503. The van der Waals surface area contributed by atoms with Crippen molar-refractivity contribution in [2.45, 2.75) is 4.90 Å². The number of hydrogen-bond donors (Lipinski definition) is 1. The van der Waals surface area contributed by atoms with Gasteiger partial charge >= 0.3 is 0 Å². The molecule has 9 heteroatoms.